The fraction of sp³-hybridized carbons (Fsp3) is 0.400. The van der Waals surface area contributed by atoms with Crippen LogP contribution < -0.4 is 0 Å². The summed E-state index contributed by atoms with van der Waals surface area (Å²) in [5.41, 5.74) is 2.66. The molecule has 0 N–H and O–H groups in total. The van der Waals surface area contributed by atoms with Crippen molar-refractivity contribution >= 4 is 7.41 Å². The smallest absolute Gasteiger partial charge is 0.249 e. The first-order chi connectivity index (χ1) is 6.36. The van der Waals surface area contributed by atoms with Gasteiger partial charge < -0.3 is 4.84 Å². The van der Waals surface area contributed by atoms with Crippen molar-refractivity contribution in [2.45, 2.75) is 19.8 Å². The van der Waals surface area contributed by atoms with Gasteiger partial charge in [-0.2, -0.15) is 0 Å². The average molecular weight is 174 g/mol. The van der Waals surface area contributed by atoms with E-state index < -0.39 is 0 Å². The third-order valence-electron chi connectivity index (χ3n) is 2.30. The van der Waals surface area contributed by atoms with E-state index in [0.717, 1.165) is 19.5 Å². The van der Waals surface area contributed by atoms with E-state index in [1.807, 2.05) is 4.97 Å². The molecule has 1 aliphatic rings. The van der Waals surface area contributed by atoms with E-state index in [4.69, 9.17) is 4.84 Å². The maximum Gasteiger partial charge on any atom is 0.249 e. The van der Waals surface area contributed by atoms with E-state index in [-0.39, 0.29) is 0 Å². The SMILES string of the molecule is Cc1ccccc1CN1[B]CCO1. The van der Waals surface area contributed by atoms with Gasteiger partial charge in [0.25, 0.3) is 0 Å². The Bertz CT molecular complexity index is 284. The molecule has 2 rings (SSSR count). The summed E-state index contributed by atoms with van der Waals surface area (Å²) in [6.45, 7) is 3.82. The van der Waals surface area contributed by atoms with Crippen molar-refractivity contribution < 1.29 is 4.84 Å². The predicted molar refractivity (Wildman–Crippen MR) is 53.2 cm³/mol. The second-order valence-electron chi connectivity index (χ2n) is 3.31. The van der Waals surface area contributed by atoms with Gasteiger partial charge in [-0.05, 0) is 24.4 Å². The molecule has 1 saturated heterocycles. The highest BCUT2D eigenvalue weighted by Gasteiger charge is 2.14. The second-order valence-corrected chi connectivity index (χ2v) is 3.31. The van der Waals surface area contributed by atoms with Crippen LogP contribution in [0.15, 0.2) is 24.3 Å². The third-order valence-corrected chi connectivity index (χ3v) is 2.30. The minimum Gasteiger partial charge on any atom is -0.312 e. The van der Waals surface area contributed by atoms with Gasteiger partial charge in [-0.25, -0.2) is 4.97 Å². The molecule has 1 heterocycles. The average Bonchev–Trinajstić information content (AvgIpc) is 2.61. The summed E-state index contributed by atoms with van der Waals surface area (Å²) in [5.74, 6) is 0. The van der Waals surface area contributed by atoms with E-state index in [1.165, 1.54) is 11.1 Å². The topological polar surface area (TPSA) is 12.5 Å². The van der Waals surface area contributed by atoms with Gasteiger partial charge in [-0.3, -0.25) is 0 Å². The van der Waals surface area contributed by atoms with E-state index in [9.17, 15) is 0 Å². The first kappa shape index (κ1) is 8.79. The van der Waals surface area contributed by atoms with Crippen molar-refractivity contribution in [2.24, 2.45) is 0 Å². The van der Waals surface area contributed by atoms with Crippen LogP contribution in [-0.2, 0) is 11.4 Å². The van der Waals surface area contributed by atoms with E-state index in [0.29, 0.717) is 0 Å². The van der Waals surface area contributed by atoms with Crippen molar-refractivity contribution in [1.29, 1.82) is 0 Å². The molecule has 0 saturated carbocycles. The first-order valence-corrected chi connectivity index (χ1v) is 4.63. The lowest BCUT2D eigenvalue weighted by Crippen LogP contribution is -2.20. The summed E-state index contributed by atoms with van der Waals surface area (Å²) < 4.78 is 0. The summed E-state index contributed by atoms with van der Waals surface area (Å²) in [4.78, 5) is 7.31. The Hall–Kier alpha value is -0.795. The van der Waals surface area contributed by atoms with Crippen LogP contribution in [0.3, 0.4) is 0 Å². The van der Waals surface area contributed by atoms with Crippen LogP contribution in [0.2, 0.25) is 6.32 Å². The van der Waals surface area contributed by atoms with Crippen molar-refractivity contribution in [3.8, 4) is 0 Å². The molecule has 0 aliphatic carbocycles. The number of hydrogen-bond acceptors (Lipinski definition) is 2. The first-order valence-electron chi connectivity index (χ1n) is 4.63. The summed E-state index contributed by atoms with van der Waals surface area (Å²) in [6, 6.07) is 8.40. The van der Waals surface area contributed by atoms with Gasteiger partial charge in [0.15, 0.2) is 0 Å². The minimum absolute atomic E-state index is 0.825. The maximum absolute atomic E-state index is 5.39. The Morgan fingerprint density at radius 3 is 3.00 bits per heavy atom. The predicted octanol–water partition coefficient (Wildman–Crippen LogP) is 1.78. The van der Waals surface area contributed by atoms with Gasteiger partial charge in [0, 0.05) is 6.54 Å². The summed E-state index contributed by atoms with van der Waals surface area (Å²) >= 11 is 0. The van der Waals surface area contributed by atoms with E-state index in [2.05, 4.69) is 38.6 Å². The summed E-state index contributed by atoms with van der Waals surface area (Å²) in [5, 5.41) is 0. The molecule has 1 radical (unpaired) electrons. The lowest BCUT2D eigenvalue weighted by molar-refractivity contribution is -0.0672. The number of aryl methyl sites for hydroxylation is 1. The number of hydrogen-bond donors (Lipinski definition) is 0. The highest BCUT2D eigenvalue weighted by atomic mass is 16.7. The zero-order valence-corrected chi connectivity index (χ0v) is 7.86. The number of nitrogens with zero attached hydrogens (tertiary/aromatic N) is 1. The van der Waals surface area contributed by atoms with Crippen LogP contribution in [0.25, 0.3) is 0 Å². The Morgan fingerprint density at radius 2 is 2.31 bits per heavy atom. The van der Waals surface area contributed by atoms with Gasteiger partial charge in [0.2, 0.25) is 7.41 Å². The van der Waals surface area contributed by atoms with Crippen molar-refractivity contribution in [1.82, 2.24) is 4.97 Å². The molecule has 0 unspecified atom stereocenters. The highest BCUT2D eigenvalue weighted by Crippen LogP contribution is 2.13. The Balaban J connectivity index is 2.04. The molecule has 2 nitrogen and oxygen atoms in total. The fourth-order valence-corrected chi connectivity index (χ4v) is 1.48. The lowest BCUT2D eigenvalue weighted by atomic mass is 9.90. The minimum atomic E-state index is 0.825. The zero-order chi connectivity index (χ0) is 9.10. The molecule has 1 aromatic rings. The molecule has 13 heavy (non-hydrogen) atoms. The van der Waals surface area contributed by atoms with Gasteiger partial charge >= 0.3 is 0 Å². The van der Waals surface area contributed by atoms with Gasteiger partial charge in [0.05, 0.1) is 6.61 Å². The monoisotopic (exact) mass is 174 g/mol. The van der Waals surface area contributed by atoms with Crippen LogP contribution in [0.1, 0.15) is 11.1 Å². The number of rotatable bonds is 2. The maximum atomic E-state index is 5.39. The van der Waals surface area contributed by atoms with Crippen LogP contribution in [0.4, 0.5) is 0 Å². The fourth-order valence-electron chi connectivity index (χ4n) is 1.48. The lowest BCUT2D eigenvalue weighted by Gasteiger charge is -2.15. The van der Waals surface area contributed by atoms with Crippen molar-refractivity contribution in [3.63, 3.8) is 0 Å². The van der Waals surface area contributed by atoms with Crippen molar-refractivity contribution in [3.05, 3.63) is 35.4 Å². The molecular weight excluding hydrogens is 161 g/mol. The quantitative estimate of drug-likeness (QED) is 0.633. The molecule has 0 spiro atoms. The normalized spacial score (nSPS) is 17.3. The third kappa shape index (κ3) is 2.11. The molecule has 1 aromatic carbocycles. The molecule has 1 aliphatic heterocycles. The Morgan fingerprint density at radius 1 is 1.46 bits per heavy atom. The second kappa shape index (κ2) is 3.94. The van der Waals surface area contributed by atoms with Gasteiger partial charge in [-0.15, -0.1) is 0 Å². The van der Waals surface area contributed by atoms with Crippen LogP contribution >= 0.6 is 0 Å². The molecule has 0 bridgehead atoms. The van der Waals surface area contributed by atoms with Crippen molar-refractivity contribution in [2.75, 3.05) is 6.61 Å². The molecule has 0 aromatic heterocycles. The van der Waals surface area contributed by atoms with Crippen LogP contribution in [0, 0.1) is 6.92 Å². The van der Waals surface area contributed by atoms with E-state index in [1.54, 1.807) is 0 Å². The summed E-state index contributed by atoms with van der Waals surface area (Å²) in [6.07, 6.45) is 1.03. The highest BCUT2D eigenvalue weighted by molar-refractivity contribution is 6.32. The number of benzene rings is 1. The Labute approximate surface area is 79.7 Å². The molecule has 0 amide bonds. The van der Waals surface area contributed by atoms with Crippen LogP contribution in [-0.4, -0.2) is 19.0 Å². The molecule has 3 heteroatoms. The largest absolute Gasteiger partial charge is 0.312 e. The molecule has 1 fully saturated rings. The zero-order valence-electron chi connectivity index (χ0n) is 7.86. The molecule has 0 atom stereocenters. The number of hydroxylamine groups is 1. The molecular formula is C10H13BNO. The molecule has 67 valence electrons. The van der Waals surface area contributed by atoms with Gasteiger partial charge in [0.1, 0.15) is 0 Å². The van der Waals surface area contributed by atoms with E-state index >= 15 is 0 Å². The summed E-state index contributed by atoms with van der Waals surface area (Å²) in [7, 11) is 2.10. The Kier molecular flexibility index (Phi) is 2.66. The standard InChI is InChI=1S/C10H13BNO/c1-9-4-2-3-5-10(9)8-12-11-6-7-13-12/h2-5H,6-8H2,1H3. The van der Waals surface area contributed by atoms with Crippen LogP contribution in [0.5, 0.6) is 0 Å². The van der Waals surface area contributed by atoms with Gasteiger partial charge in [-0.1, -0.05) is 24.3 Å².